The summed E-state index contributed by atoms with van der Waals surface area (Å²) in [6.07, 6.45) is 9.16. The van der Waals surface area contributed by atoms with E-state index in [0.717, 1.165) is 12.8 Å². The van der Waals surface area contributed by atoms with Crippen molar-refractivity contribution in [2.24, 2.45) is 17.8 Å². The molecule has 3 nitrogen and oxygen atoms in total. The molecule has 0 aromatic carbocycles. The van der Waals surface area contributed by atoms with Crippen molar-refractivity contribution < 1.29 is 9.59 Å². The van der Waals surface area contributed by atoms with Crippen LogP contribution >= 0.6 is 0 Å². The van der Waals surface area contributed by atoms with Crippen molar-refractivity contribution in [1.82, 2.24) is 5.32 Å². The highest BCUT2D eigenvalue weighted by Crippen LogP contribution is 2.49. The van der Waals surface area contributed by atoms with Gasteiger partial charge in [0, 0.05) is 13.0 Å². The van der Waals surface area contributed by atoms with Gasteiger partial charge in [-0.1, -0.05) is 80.1 Å². The van der Waals surface area contributed by atoms with Crippen LogP contribution in [0.3, 0.4) is 0 Å². The highest BCUT2D eigenvalue weighted by Gasteiger charge is 2.51. The molecule has 1 aliphatic carbocycles. The van der Waals surface area contributed by atoms with Crippen LogP contribution in [0.1, 0.15) is 86.5 Å². The van der Waals surface area contributed by atoms with Gasteiger partial charge in [-0.15, -0.1) is 0 Å². The van der Waals surface area contributed by atoms with Crippen LogP contribution < -0.4 is 5.32 Å². The normalized spacial score (nSPS) is 21.7. The molecule has 3 unspecified atom stereocenters. The number of nitrogens with one attached hydrogen (secondary N) is 1. The maximum absolute atomic E-state index is 11.4. The van der Waals surface area contributed by atoms with Crippen molar-refractivity contribution in [1.29, 1.82) is 0 Å². The lowest BCUT2D eigenvalue weighted by atomic mass is 10.1. The molecule has 3 heteroatoms. The molecule has 0 bridgehead atoms. The molecule has 0 saturated heterocycles. The quantitative estimate of drug-likeness (QED) is 0.507. The summed E-state index contributed by atoms with van der Waals surface area (Å²) in [4.78, 5) is 22.4. The number of Topliss-reactive ketones (excluding diaryl/α,β-unsaturated/α-hetero) is 1. The Morgan fingerprint density at radius 1 is 0.909 bits per heavy atom. The summed E-state index contributed by atoms with van der Waals surface area (Å²) in [5, 5.41) is 2.38. The van der Waals surface area contributed by atoms with Crippen LogP contribution in [0.5, 0.6) is 0 Å². The number of unbranched alkanes of at least 4 members (excludes halogenated alkanes) is 4. The Kier molecular flexibility index (Phi) is 16.0. The predicted octanol–water partition coefficient (Wildman–Crippen LogP) is 4.99. The van der Waals surface area contributed by atoms with Gasteiger partial charge in [0.1, 0.15) is 0 Å². The van der Waals surface area contributed by atoms with E-state index in [1.807, 2.05) is 20.8 Å². The number of amides is 1. The van der Waals surface area contributed by atoms with Gasteiger partial charge in [-0.25, -0.2) is 0 Å². The average Bonchev–Trinajstić information content (AvgIpc) is 3.19. The zero-order valence-corrected chi connectivity index (χ0v) is 16.0. The number of carbonyl (C=O) groups excluding carboxylic acids is 2. The van der Waals surface area contributed by atoms with E-state index in [0.29, 0.717) is 11.8 Å². The van der Waals surface area contributed by atoms with Gasteiger partial charge in [-0.2, -0.15) is 0 Å². The largest absolute Gasteiger partial charge is 0.353 e. The molecular weight excluding hydrogens is 274 g/mol. The van der Waals surface area contributed by atoms with Gasteiger partial charge in [0.15, 0.2) is 0 Å². The Hall–Kier alpha value is -0.860. The maximum Gasteiger partial charge on any atom is 0.287 e. The molecular formula is C19H39NO2. The topological polar surface area (TPSA) is 46.2 Å². The third kappa shape index (κ3) is 9.22. The van der Waals surface area contributed by atoms with E-state index in [-0.39, 0.29) is 11.7 Å². The average molecular weight is 314 g/mol. The molecule has 0 aliphatic heterocycles. The molecule has 1 saturated carbocycles. The first-order chi connectivity index (χ1) is 10.5. The zero-order chi connectivity index (χ0) is 17.5. The first-order valence-corrected chi connectivity index (χ1v) is 9.30. The number of hydrogen-bond donors (Lipinski definition) is 1. The van der Waals surface area contributed by atoms with Crippen LogP contribution in [0, 0.1) is 17.8 Å². The molecule has 132 valence electrons. The van der Waals surface area contributed by atoms with Gasteiger partial charge in [0.25, 0.3) is 5.91 Å². The fourth-order valence-electron chi connectivity index (χ4n) is 2.71. The SMILES string of the molecule is CC.CCCC1C(C)C1C(=O)C(=O)NC.CCCCCCC. The van der Waals surface area contributed by atoms with Crippen molar-refractivity contribution in [3.8, 4) is 0 Å². The van der Waals surface area contributed by atoms with Gasteiger partial charge < -0.3 is 5.32 Å². The molecule has 0 radical (unpaired) electrons. The Balaban J connectivity index is 0. The summed E-state index contributed by atoms with van der Waals surface area (Å²) in [5.41, 5.74) is 0. The van der Waals surface area contributed by atoms with Crippen LogP contribution in [0.15, 0.2) is 0 Å². The number of carbonyl (C=O) groups is 2. The molecule has 1 N–H and O–H groups in total. The van der Waals surface area contributed by atoms with Crippen LogP contribution in [0.2, 0.25) is 0 Å². The van der Waals surface area contributed by atoms with E-state index in [1.54, 1.807) is 0 Å². The summed E-state index contributed by atoms with van der Waals surface area (Å²) in [7, 11) is 1.50. The summed E-state index contributed by atoms with van der Waals surface area (Å²) >= 11 is 0. The second-order valence-corrected chi connectivity index (χ2v) is 5.84. The van der Waals surface area contributed by atoms with Crippen LogP contribution in [-0.4, -0.2) is 18.7 Å². The molecule has 22 heavy (non-hydrogen) atoms. The summed E-state index contributed by atoms with van der Waals surface area (Å²) in [6, 6.07) is 0. The van der Waals surface area contributed by atoms with E-state index in [9.17, 15) is 9.59 Å². The fourth-order valence-corrected chi connectivity index (χ4v) is 2.71. The van der Waals surface area contributed by atoms with E-state index in [2.05, 4.69) is 26.1 Å². The van der Waals surface area contributed by atoms with E-state index in [4.69, 9.17) is 0 Å². The van der Waals surface area contributed by atoms with Gasteiger partial charge in [0.05, 0.1) is 0 Å². The predicted molar refractivity (Wildman–Crippen MR) is 95.9 cm³/mol. The van der Waals surface area contributed by atoms with Gasteiger partial charge in [-0.05, 0) is 18.3 Å². The van der Waals surface area contributed by atoms with Crippen molar-refractivity contribution in [3.63, 3.8) is 0 Å². The van der Waals surface area contributed by atoms with Crippen molar-refractivity contribution >= 4 is 11.7 Å². The van der Waals surface area contributed by atoms with Gasteiger partial charge in [-0.3, -0.25) is 9.59 Å². The first-order valence-electron chi connectivity index (χ1n) is 9.30. The second-order valence-electron chi connectivity index (χ2n) is 5.84. The smallest absolute Gasteiger partial charge is 0.287 e. The molecule has 0 aromatic heterocycles. The van der Waals surface area contributed by atoms with Crippen LogP contribution in [0.4, 0.5) is 0 Å². The van der Waals surface area contributed by atoms with Crippen molar-refractivity contribution in [2.45, 2.75) is 86.5 Å². The summed E-state index contributed by atoms with van der Waals surface area (Å²) < 4.78 is 0. The Morgan fingerprint density at radius 2 is 1.41 bits per heavy atom. The number of likely N-dealkylation sites (N-methyl/N-ethyl adjacent to an activating group) is 1. The molecule has 1 rings (SSSR count). The van der Waals surface area contributed by atoms with E-state index in [1.165, 1.54) is 39.2 Å². The van der Waals surface area contributed by atoms with Gasteiger partial charge in [0.2, 0.25) is 5.78 Å². The Labute approximate surface area is 138 Å². The lowest BCUT2D eigenvalue weighted by Gasteiger charge is -1.96. The lowest BCUT2D eigenvalue weighted by molar-refractivity contribution is -0.138. The van der Waals surface area contributed by atoms with Crippen LogP contribution in [-0.2, 0) is 9.59 Å². The lowest BCUT2D eigenvalue weighted by Crippen LogP contribution is -2.29. The van der Waals surface area contributed by atoms with Gasteiger partial charge >= 0.3 is 0 Å². The standard InChI is InChI=1S/C10H17NO2.C7H16.C2H6/c1-4-5-7-6(2)8(7)9(12)10(13)11-3;1-3-5-7-6-4-2;1-2/h6-8H,4-5H2,1-3H3,(H,11,13);3-7H2,1-2H3;1-2H3. The molecule has 0 heterocycles. The van der Waals surface area contributed by atoms with Crippen LogP contribution in [0.25, 0.3) is 0 Å². The molecule has 1 fully saturated rings. The van der Waals surface area contributed by atoms with Crippen molar-refractivity contribution in [3.05, 3.63) is 0 Å². The highest BCUT2D eigenvalue weighted by atomic mass is 16.2. The third-order valence-corrected chi connectivity index (χ3v) is 4.14. The maximum atomic E-state index is 11.4. The molecule has 1 amide bonds. The minimum absolute atomic E-state index is 0.0000926. The number of hydrogen-bond acceptors (Lipinski definition) is 2. The monoisotopic (exact) mass is 313 g/mol. The first kappa shape index (κ1) is 23.4. The Bertz CT molecular complexity index is 285. The minimum atomic E-state index is -0.435. The minimum Gasteiger partial charge on any atom is -0.353 e. The Morgan fingerprint density at radius 3 is 1.77 bits per heavy atom. The second kappa shape index (κ2) is 15.1. The molecule has 0 aromatic rings. The summed E-state index contributed by atoms with van der Waals surface area (Å²) in [5.74, 6) is 0.198. The highest BCUT2D eigenvalue weighted by molar-refractivity contribution is 6.37. The molecule has 0 spiro atoms. The fraction of sp³-hybridized carbons (Fsp3) is 0.895. The molecule has 1 aliphatic rings. The zero-order valence-electron chi connectivity index (χ0n) is 16.0. The summed E-state index contributed by atoms with van der Waals surface area (Å²) in [6.45, 7) is 12.6. The van der Waals surface area contributed by atoms with Crippen molar-refractivity contribution in [2.75, 3.05) is 7.05 Å². The molecule has 3 atom stereocenters. The number of ketones is 1. The third-order valence-electron chi connectivity index (χ3n) is 4.14. The number of rotatable bonds is 8. The van der Waals surface area contributed by atoms with E-state index >= 15 is 0 Å². The van der Waals surface area contributed by atoms with E-state index < -0.39 is 5.91 Å².